The Morgan fingerprint density at radius 1 is 1.09 bits per heavy atom. The first kappa shape index (κ1) is 14.0. The fourth-order valence-corrected chi connectivity index (χ4v) is 2.05. The van der Waals surface area contributed by atoms with Gasteiger partial charge in [-0.25, -0.2) is 4.39 Å². The van der Waals surface area contributed by atoms with Gasteiger partial charge >= 0.3 is 0 Å². The highest BCUT2D eigenvalue weighted by molar-refractivity contribution is 6.05. The van der Waals surface area contributed by atoms with Crippen LogP contribution in [0.1, 0.15) is 15.9 Å². The van der Waals surface area contributed by atoms with Gasteiger partial charge in [0.2, 0.25) is 5.88 Å². The third-order valence-electron chi connectivity index (χ3n) is 3.27. The van der Waals surface area contributed by atoms with E-state index in [4.69, 9.17) is 4.52 Å². The summed E-state index contributed by atoms with van der Waals surface area (Å²) in [5.74, 6) is -0.514. The van der Waals surface area contributed by atoms with E-state index in [1.54, 1.807) is 6.20 Å². The molecule has 1 aromatic heterocycles. The molecule has 0 bridgehead atoms. The Labute approximate surface area is 126 Å². The van der Waals surface area contributed by atoms with E-state index >= 15 is 0 Å². The van der Waals surface area contributed by atoms with E-state index in [1.165, 1.54) is 24.3 Å². The lowest BCUT2D eigenvalue weighted by Gasteiger charge is -2.04. The second kappa shape index (κ2) is 5.81. The minimum Gasteiger partial charge on any atom is -0.338 e. The molecule has 0 saturated heterocycles. The lowest BCUT2D eigenvalue weighted by molar-refractivity contribution is 0.102. The molecule has 0 unspecified atom stereocenters. The molecule has 5 heteroatoms. The van der Waals surface area contributed by atoms with Gasteiger partial charge in [-0.15, -0.1) is 0 Å². The molecular weight excluding hydrogens is 283 g/mol. The van der Waals surface area contributed by atoms with E-state index in [9.17, 15) is 9.18 Å². The highest BCUT2D eigenvalue weighted by Crippen LogP contribution is 2.28. The van der Waals surface area contributed by atoms with E-state index in [0.29, 0.717) is 11.1 Å². The first-order valence-corrected chi connectivity index (χ1v) is 6.72. The SMILES string of the molecule is Cc1ccc(-c2cnoc2NC(=O)c2ccc(F)cc2)cc1. The molecule has 0 aliphatic rings. The lowest BCUT2D eigenvalue weighted by atomic mass is 10.1. The number of carbonyl (C=O) groups is 1. The number of anilines is 1. The van der Waals surface area contributed by atoms with Crippen LogP contribution >= 0.6 is 0 Å². The van der Waals surface area contributed by atoms with Crippen LogP contribution in [0.3, 0.4) is 0 Å². The van der Waals surface area contributed by atoms with Gasteiger partial charge in [-0.05, 0) is 36.8 Å². The molecule has 0 saturated carbocycles. The largest absolute Gasteiger partial charge is 0.338 e. The molecule has 3 rings (SSSR count). The number of nitrogens with zero attached hydrogens (tertiary/aromatic N) is 1. The van der Waals surface area contributed by atoms with Gasteiger partial charge < -0.3 is 4.52 Å². The molecule has 2 aromatic carbocycles. The standard InChI is InChI=1S/C17H13FN2O2/c1-11-2-4-12(5-3-11)15-10-19-22-17(15)20-16(21)13-6-8-14(18)9-7-13/h2-10H,1H3,(H,20,21). The van der Waals surface area contributed by atoms with Crippen LogP contribution in [-0.4, -0.2) is 11.1 Å². The maximum Gasteiger partial charge on any atom is 0.258 e. The first-order chi connectivity index (χ1) is 10.6. The van der Waals surface area contributed by atoms with Crippen molar-refractivity contribution in [3.8, 4) is 11.1 Å². The van der Waals surface area contributed by atoms with Crippen molar-refractivity contribution >= 4 is 11.8 Å². The van der Waals surface area contributed by atoms with Gasteiger partial charge in [-0.3, -0.25) is 10.1 Å². The van der Waals surface area contributed by atoms with Crippen LogP contribution in [0.2, 0.25) is 0 Å². The molecular formula is C17H13FN2O2. The minimum atomic E-state index is -0.392. The number of amides is 1. The highest BCUT2D eigenvalue weighted by atomic mass is 19.1. The summed E-state index contributed by atoms with van der Waals surface area (Å²) in [6.07, 6.45) is 1.55. The van der Waals surface area contributed by atoms with Crippen LogP contribution < -0.4 is 5.32 Å². The van der Waals surface area contributed by atoms with Crippen molar-refractivity contribution in [2.24, 2.45) is 0 Å². The number of nitrogens with one attached hydrogen (secondary N) is 1. The smallest absolute Gasteiger partial charge is 0.258 e. The van der Waals surface area contributed by atoms with Crippen molar-refractivity contribution in [2.45, 2.75) is 6.92 Å². The summed E-state index contributed by atoms with van der Waals surface area (Å²) in [6, 6.07) is 13.1. The predicted octanol–water partition coefficient (Wildman–Crippen LogP) is 4.04. The monoisotopic (exact) mass is 296 g/mol. The quantitative estimate of drug-likeness (QED) is 0.793. The average Bonchev–Trinajstić information content (AvgIpc) is 2.97. The highest BCUT2D eigenvalue weighted by Gasteiger charge is 2.14. The van der Waals surface area contributed by atoms with Crippen LogP contribution in [0.4, 0.5) is 10.3 Å². The Bertz CT molecular complexity index is 792. The molecule has 0 radical (unpaired) electrons. The van der Waals surface area contributed by atoms with E-state index in [1.807, 2.05) is 31.2 Å². The predicted molar refractivity (Wildman–Crippen MR) is 81.0 cm³/mol. The summed E-state index contributed by atoms with van der Waals surface area (Å²) in [4.78, 5) is 12.1. The van der Waals surface area contributed by atoms with Gasteiger partial charge in [0.1, 0.15) is 5.82 Å². The summed E-state index contributed by atoms with van der Waals surface area (Å²) >= 11 is 0. The second-order valence-electron chi connectivity index (χ2n) is 4.90. The zero-order valence-electron chi connectivity index (χ0n) is 11.8. The Morgan fingerprint density at radius 2 is 1.77 bits per heavy atom. The normalized spacial score (nSPS) is 10.5. The third kappa shape index (κ3) is 2.88. The summed E-state index contributed by atoms with van der Waals surface area (Å²) in [6.45, 7) is 1.99. The fraction of sp³-hybridized carbons (Fsp3) is 0.0588. The van der Waals surface area contributed by atoms with Crippen molar-refractivity contribution in [3.63, 3.8) is 0 Å². The molecule has 0 aliphatic carbocycles. The molecule has 1 heterocycles. The summed E-state index contributed by atoms with van der Waals surface area (Å²) in [5, 5.41) is 6.38. The number of aryl methyl sites for hydroxylation is 1. The van der Waals surface area contributed by atoms with E-state index in [2.05, 4.69) is 10.5 Å². The number of hydrogen-bond donors (Lipinski definition) is 1. The Hall–Kier alpha value is -2.95. The van der Waals surface area contributed by atoms with Crippen molar-refractivity contribution in [3.05, 3.63) is 71.7 Å². The maximum absolute atomic E-state index is 12.9. The molecule has 0 fully saturated rings. The number of aromatic nitrogens is 1. The van der Waals surface area contributed by atoms with Gasteiger partial charge in [0, 0.05) is 5.56 Å². The van der Waals surface area contributed by atoms with E-state index in [0.717, 1.165) is 11.1 Å². The van der Waals surface area contributed by atoms with Gasteiger partial charge in [-0.1, -0.05) is 35.0 Å². The number of rotatable bonds is 3. The Balaban J connectivity index is 1.84. The molecule has 1 N–H and O–H groups in total. The minimum absolute atomic E-state index is 0.262. The van der Waals surface area contributed by atoms with Gasteiger partial charge in [-0.2, -0.15) is 0 Å². The molecule has 3 aromatic rings. The summed E-state index contributed by atoms with van der Waals surface area (Å²) in [5.41, 5.74) is 3.06. The Kier molecular flexibility index (Phi) is 3.70. The first-order valence-electron chi connectivity index (χ1n) is 6.72. The number of benzene rings is 2. The Morgan fingerprint density at radius 3 is 2.45 bits per heavy atom. The third-order valence-corrected chi connectivity index (χ3v) is 3.27. The van der Waals surface area contributed by atoms with Crippen LogP contribution in [0.25, 0.3) is 11.1 Å². The molecule has 110 valence electrons. The molecule has 1 amide bonds. The maximum atomic E-state index is 12.9. The van der Waals surface area contributed by atoms with E-state index < -0.39 is 5.82 Å². The van der Waals surface area contributed by atoms with E-state index in [-0.39, 0.29) is 11.8 Å². The van der Waals surface area contributed by atoms with Crippen LogP contribution in [0.15, 0.2) is 59.3 Å². The second-order valence-corrected chi connectivity index (χ2v) is 4.90. The molecule has 4 nitrogen and oxygen atoms in total. The summed E-state index contributed by atoms with van der Waals surface area (Å²) in [7, 11) is 0. The van der Waals surface area contributed by atoms with Crippen LogP contribution in [-0.2, 0) is 0 Å². The van der Waals surface area contributed by atoms with Crippen molar-refractivity contribution in [2.75, 3.05) is 5.32 Å². The molecule has 22 heavy (non-hydrogen) atoms. The van der Waals surface area contributed by atoms with Crippen LogP contribution in [0, 0.1) is 12.7 Å². The molecule has 0 spiro atoms. The number of halogens is 1. The summed E-state index contributed by atoms with van der Waals surface area (Å²) < 4.78 is 18.0. The number of hydrogen-bond acceptors (Lipinski definition) is 3. The fourth-order valence-electron chi connectivity index (χ4n) is 2.05. The lowest BCUT2D eigenvalue weighted by Crippen LogP contribution is -2.11. The van der Waals surface area contributed by atoms with Gasteiger partial charge in [0.25, 0.3) is 5.91 Å². The zero-order chi connectivity index (χ0) is 15.5. The number of carbonyl (C=O) groups excluding carboxylic acids is 1. The molecule has 0 atom stereocenters. The average molecular weight is 296 g/mol. The van der Waals surface area contributed by atoms with Gasteiger partial charge in [0.15, 0.2) is 0 Å². The molecule has 0 aliphatic heterocycles. The zero-order valence-corrected chi connectivity index (χ0v) is 11.8. The van der Waals surface area contributed by atoms with Crippen LogP contribution in [0.5, 0.6) is 0 Å². The van der Waals surface area contributed by atoms with Gasteiger partial charge in [0.05, 0.1) is 11.8 Å². The topological polar surface area (TPSA) is 55.1 Å². The van der Waals surface area contributed by atoms with Crippen molar-refractivity contribution in [1.82, 2.24) is 5.16 Å². The van der Waals surface area contributed by atoms with Crippen molar-refractivity contribution < 1.29 is 13.7 Å². The van der Waals surface area contributed by atoms with Crippen molar-refractivity contribution in [1.29, 1.82) is 0 Å².